The molecule has 72 valence electrons. The largest absolute Gasteiger partial charge is 0.262 e. The van der Waals surface area contributed by atoms with Crippen molar-refractivity contribution in [1.29, 1.82) is 0 Å². The fourth-order valence-electron chi connectivity index (χ4n) is 1.09. The van der Waals surface area contributed by atoms with Crippen molar-refractivity contribution in [1.82, 2.24) is 0 Å². The number of benzene rings is 1. The molecule has 1 aromatic carbocycles. The average molecular weight is 284 g/mol. The summed E-state index contributed by atoms with van der Waals surface area (Å²) in [5, 5.41) is 0. The molecule has 0 atom stereocenters. The third kappa shape index (κ3) is 2.45. The van der Waals surface area contributed by atoms with Gasteiger partial charge in [-0.3, -0.25) is 0 Å². The first-order chi connectivity index (χ1) is 5.82. The Labute approximate surface area is 90.5 Å². The van der Waals surface area contributed by atoms with E-state index in [-0.39, 0.29) is 4.90 Å². The summed E-state index contributed by atoms with van der Waals surface area (Å²) < 4.78 is 22.7. The molecule has 2 nitrogen and oxygen atoms in total. The minimum absolute atomic E-state index is 0.131. The van der Waals surface area contributed by atoms with Gasteiger partial charge in [-0.1, -0.05) is 6.07 Å². The molecule has 0 unspecified atom stereocenters. The van der Waals surface area contributed by atoms with Gasteiger partial charge in [0.15, 0.2) is 0 Å². The van der Waals surface area contributed by atoms with Crippen LogP contribution in [-0.2, 0) is 9.05 Å². The van der Waals surface area contributed by atoms with E-state index in [2.05, 4.69) is 15.9 Å². The Bertz CT molecular complexity index is 440. The summed E-state index contributed by atoms with van der Waals surface area (Å²) in [5.74, 6) is 0. The number of hydrogen-bond donors (Lipinski definition) is 0. The Morgan fingerprint density at radius 1 is 1.31 bits per heavy atom. The van der Waals surface area contributed by atoms with E-state index in [4.69, 9.17) is 10.7 Å². The summed E-state index contributed by atoms with van der Waals surface area (Å²) in [6, 6.07) is 3.43. The minimum atomic E-state index is -3.65. The molecule has 0 aliphatic carbocycles. The molecule has 0 radical (unpaired) electrons. The van der Waals surface area contributed by atoms with E-state index in [1.54, 1.807) is 6.07 Å². The van der Waals surface area contributed by atoms with Crippen LogP contribution in [0.15, 0.2) is 21.5 Å². The van der Waals surface area contributed by atoms with Gasteiger partial charge in [-0.25, -0.2) is 8.42 Å². The normalized spacial score (nSPS) is 11.7. The van der Waals surface area contributed by atoms with Gasteiger partial charge in [-0.2, -0.15) is 0 Å². The van der Waals surface area contributed by atoms with E-state index in [9.17, 15) is 8.42 Å². The van der Waals surface area contributed by atoms with Gasteiger partial charge in [-0.15, -0.1) is 0 Å². The van der Waals surface area contributed by atoms with E-state index in [0.29, 0.717) is 4.47 Å². The highest BCUT2D eigenvalue weighted by Crippen LogP contribution is 2.29. The molecule has 0 spiro atoms. The first-order valence-corrected chi connectivity index (χ1v) is 6.64. The lowest BCUT2D eigenvalue weighted by atomic mass is 10.2. The molecule has 0 fully saturated rings. The van der Waals surface area contributed by atoms with Crippen molar-refractivity contribution in [3.63, 3.8) is 0 Å². The molecular weight excluding hydrogens is 276 g/mol. The van der Waals surface area contributed by atoms with E-state index >= 15 is 0 Å². The summed E-state index contributed by atoms with van der Waals surface area (Å²) in [6.45, 7) is 3.65. The number of halogens is 2. The fourth-order valence-corrected chi connectivity index (χ4v) is 3.30. The van der Waals surface area contributed by atoms with Crippen LogP contribution in [0, 0.1) is 13.8 Å². The van der Waals surface area contributed by atoms with Crippen molar-refractivity contribution < 1.29 is 8.42 Å². The van der Waals surface area contributed by atoms with Crippen molar-refractivity contribution >= 4 is 35.7 Å². The zero-order chi connectivity index (χ0) is 10.2. The predicted molar refractivity (Wildman–Crippen MR) is 56.7 cm³/mol. The number of aryl methyl sites for hydroxylation is 2. The second-order valence-electron chi connectivity index (χ2n) is 2.83. The molecule has 0 aliphatic rings. The molecule has 0 saturated heterocycles. The van der Waals surface area contributed by atoms with Gasteiger partial charge in [0.25, 0.3) is 9.05 Å². The topological polar surface area (TPSA) is 34.1 Å². The predicted octanol–water partition coefficient (Wildman–Crippen LogP) is 2.99. The Morgan fingerprint density at radius 2 is 1.85 bits per heavy atom. The molecule has 0 bridgehead atoms. The Morgan fingerprint density at radius 3 is 2.31 bits per heavy atom. The van der Waals surface area contributed by atoms with E-state index in [1.807, 2.05) is 19.9 Å². The second kappa shape index (κ2) is 3.59. The highest BCUT2D eigenvalue weighted by atomic mass is 79.9. The third-order valence-corrected chi connectivity index (χ3v) is 4.29. The van der Waals surface area contributed by atoms with E-state index < -0.39 is 9.05 Å². The molecule has 0 saturated carbocycles. The summed E-state index contributed by atoms with van der Waals surface area (Å²) in [4.78, 5) is 0.131. The molecule has 5 heteroatoms. The quantitative estimate of drug-likeness (QED) is 0.743. The van der Waals surface area contributed by atoms with Gasteiger partial charge in [-0.05, 0) is 47.0 Å². The lowest BCUT2D eigenvalue weighted by Gasteiger charge is -2.05. The van der Waals surface area contributed by atoms with Gasteiger partial charge >= 0.3 is 0 Å². The Balaban J connectivity index is 3.56. The van der Waals surface area contributed by atoms with Crippen LogP contribution in [0.2, 0.25) is 0 Å². The van der Waals surface area contributed by atoms with Crippen LogP contribution in [0.3, 0.4) is 0 Å². The summed E-state index contributed by atoms with van der Waals surface area (Å²) in [7, 11) is 1.60. The van der Waals surface area contributed by atoms with Crippen LogP contribution in [0.4, 0.5) is 0 Å². The SMILES string of the molecule is Cc1cc(C)c(Br)c(S(=O)(=O)Cl)c1. The van der Waals surface area contributed by atoms with Crippen molar-refractivity contribution in [2.75, 3.05) is 0 Å². The summed E-state index contributed by atoms with van der Waals surface area (Å²) >= 11 is 3.19. The maximum absolute atomic E-state index is 11.1. The highest BCUT2D eigenvalue weighted by Gasteiger charge is 2.15. The van der Waals surface area contributed by atoms with E-state index in [1.165, 1.54) is 0 Å². The smallest absolute Gasteiger partial charge is 0.207 e. The van der Waals surface area contributed by atoms with Gasteiger partial charge in [0, 0.05) is 15.2 Å². The standard InChI is InChI=1S/C8H8BrClO2S/c1-5-3-6(2)8(9)7(4-5)13(10,11)12/h3-4H,1-2H3. The van der Waals surface area contributed by atoms with Gasteiger partial charge in [0.2, 0.25) is 0 Å². The highest BCUT2D eigenvalue weighted by molar-refractivity contribution is 9.10. The molecule has 0 aliphatic heterocycles. The van der Waals surface area contributed by atoms with Crippen molar-refractivity contribution in [2.45, 2.75) is 18.7 Å². The number of hydrogen-bond acceptors (Lipinski definition) is 2. The molecule has 0 heterocycles. The van der Waals surface area contributed by atoms with Crippen molar-refractivity contribution in [3.8, 4) is 0 Å². The third-order valence-electron chi connectivity index (χ3n) is 1.63. The van der Waals surface area contributed by atoms with Gasteiger partial charge < -0.3 is 0 Å². The van der Waals surface area contributed by atoms with Crippen molar-refractivity contribution in [3.05, 3.63) is 27.7 Å². The van der Waals surface area contributed by atoms with E-state index in [0.717, 1.165) is 11.1 Å². The van der Waals surface area contributed by atoms with Crippen LogP contribution in [0.5, 0.6) is 0 Å². The van der Waals surface area contributed by atoms with Crippen LogP contribution in [-0.4, -0.2) is 8.42 Å². The van der Waals surface area contributed by atoms with Crippen LogP contribution in [0.1, 0.15) is 11.1 Å². The fraction of sp³-hybridized carbons (Fsp3) is 0.250. The lowest BCUT2D eigenvalue weighted by molar-refractivity contribution is 0.609. The van der Waals surface area contributed by atoms with Crippen LogP contribution in [0.25, 0.3) is 0 Å². The maximum atomic E-state index is 11.1. The first kappa shape index (κ1) is 11.0. The van der Waals surface area contributed by atoms with Gasteiger partial charge in [0.1, 0.15) is 0 Å². The zero-order valence-corrected chi connectivity index (χ0v) is 10.3. The molecule has 0 amide bonds. The second-order valence-corrected chi connectivity index (χ2v) is 6.16. The molecule has 1 rings (SSSR count). The molecule has 0 N–H and O–H groups in total. The minimum Gasteiger partial charge on any atom is -0.207 e. The first-order valence-electron chi connectivity index (χ1n) is 3.54. The average Bonchev–Trinajstić information content (AvgIpc) is 1.94. The molecule has 1 aromatic rings. The summed E-state index contributed by atoms with van der Waals surface area (Å²) in [5.41, 5.74) is 1.74. The lowest BCUT2D eigenvalue weighted by Crippen LogP contribution is -1.95. The van der Waals surface area contributed by atoms with Crippen molar-refractivity contribution in [2.24, 2.45) is 0 Å². The molecule has 0 aromatic heterocycles. The Kier molecular flexibility index (Phi) is 3.05. The Hall–Kier alpha value is -0.0600. The monoisotopic (exact) mass is 282 g/mol. The zero-order valence-electron chi connectivity index (χ0n) is 7.14. The summed E-state index contributed by atoms with van der Waals surface area (Å²) in [6.07, 6.45) is 0. The van der Waals surface area contributed by atoms with Gasteiger partial charge in [0.05, 0.1) is 4.90 Å². The maximum Gasteiger partial charge on any atom is 0.262 e. The van der Waals surface area contributed by atoms with Crippen LogP contribution < -0.4 is 0 Å². The van der Waals surface area contributed by atoms with Crippen LogP contribution >= 0.6 is 26.6 Å². The number of rotatable bonds is 1. The molecular formula is C8H8BrClO2S. The molecule has 13 heavy (non-hydrogen) atoms.